The van der Waals surface area contributed by atoms with Crippen molar-refractivity contribution in [3.05, 3.63) is 36.0 Å². The van der Waals surface area contributed by atoms with Crippen molar-refractivity contribution in [1.29, 1.82) is 0 Å². The molecular formula is C24H32N4O4S2. The van der Waals surface area contributed by atoms with Gasteiger partial charge in [0.2, 0.25) is 0 Å². The Morgan fingerprint density at radius 1 is 1.26 bits per heavy atom. The number of aromatic nitrogens is 1. The summed E-state index contributed by atoms with van der Waals surface area (Å²) < 4.78 is 5.87. The number of benzene rings is 1. The minimum Gasteiger partial charge on any atom is -0.465 e. The number of hydrogen-bond donors (Lipinski definition) is 1. The SMILES string of the molecule is CCOC(=O)C(C)Sc1cnc(NC(=O)N(CC2CCCC2)c2cccc(C(=O)N(C)C)c2)s1. The van der Waals surface area contributed by atoms with Crippen LogP contribution < -0.4 is 10.2 Å². The fraction of sp³-hybridized carbons (Fsp3) is 0.500. The van der Waals surface area contributed by atoms with Gasteiger partial charge in [-0.3, -0.25) is 19.8 Å². The average molecular weight is 505 g/mol. The highest BCUT2D eigenvalue weighted by atomic mass is 32.2. The van der Waals surface area contributed by atoms with Crippen LogP contribution in [-0.4, -0.2) is 60.3 Å². The van der Waals surface area contributed by atoms with Gasteiger partial charge in [-0.05, 0) is 50.8 Å². The first-order valence-corrected chi connectivity index (χ1v) is 13.2. The largest absolute Gasteiger partial charge is 0.465 e. The van der Waals surface area contributed by atoms with Gasteiger partial charge in [0.25, 0.3) is 5.91 Å². The summed E-state index contributed by atoms with van der Waals surface area (Å²) >= 11 is 2.67. The zero-order chi connectivity index (χ0) is 24.7. The minimum atomic E-state index is -0.361. The van der Waals surface area contributed by atoms with Crippen LogP contribution in [-0.2, 0) is 9.53 Å². The number of nitrogens with one attached hydrogen (secondary N) is 1. The van der Waals surface area contributed by atoms with Crippen LogP contribution in [0, 0.1) is 5.92 Å². The highest BCUT2D eigenvalue weighted by Gasteiger charge is 2.25. The van der Waals surface area contributed by atoms with Gasteiger partial charge in [-0.1, -0.05) is 42.0 Å². The summed E-state index contributed by atoms with van der Waals surface area (Å²) in [6, 6.07) is 6.89. The Morgan fingerprint density at radius 2 is 2.00 bits per heavy atom. The summed E-state index contributed by atoms with van der Waals surface area (Å²) in [6.45, 7) is 4.48. The summed E-state index contributed by atoms with van der Waals surface area (Å²) in [7, 11) is 3.41. The third kappa shape index (κ3) is 6.96. The molecule has 1 N–H and O–H groups in total. The molecule has 34 heavy (non-hydrogen) atoms. The number of amides is 3. The predicted octanol–water partition coefficient (Wildman–Crippen LogP) is 5.12. The van der Waals surface area contributed by atoms with Gasteiger partial charge in [-0.15, -0.1) is 0 Å². The topological polar surface area (TPSA) is 91.8 Å². The Labute approximate surface area is 209 Å². The number of thiazole rings is 1. The Morgan fingerprint density at radius 3 is 2.68 bits per heavy atom. The van der Waals surface area contributed by atoms with E-state index < -0.39 is 0 Å². The van der Waals surface area contributed by atoms with Gasteiger partial charge in [0.15, 0.2) is 5.13 Å². The number of carbonyl (C=O) groups is 3. The maximum Gasteiger partial charge on any atom is 0.328 e. The van der Waals surface area contributed by atoms with E-state index >= 15 is 0 Å². The number of nitrogens with zero attached hydrogens (tertiary/aromatic N) is 3. The maximum absolute atomic E-state index is 13.3. The van der Waals surface area contributed by atoms with Crippen LogP contribution in [0.5, 0.6) is 0 Å². The van der Waals surface area contributed by atoms with Crippen molar-refractivity contribution in [3.63, 3.8) is 0 Å². The van der Waals surface area contributed by atoms with Crippen molar-refractivity contribution in [2.24, 2.45) is 5.92 Å². The van der Waals surface area contributed by atoms with Crippen LogP contribution in [0.25, 0.3) is 0 Å². The summed E-state index contributed by atoms with van der Waals surface area (Å²) in [5.74, 6) is 0.0357. The number of carbonyl (C=O) groups excluding carboxylic acids is 3. The molecule has 1 saturated carbocycles. The molecule has 0 spiro atoms. The third-order valence-electron chi connectivity index (χ3n) is 5.58. The maximum atomic E-state index is 13.3. The van der Waals surface area contributed by atoms with Crippen LogP contribution >= 0.6 is 23.1 Å². The average Bonchev–Trinajstić information content (AvgIpc) is 3.49. The molecule has 1 fully saturated rings. The lowest BCUT2D eigenvalue weighted by molar-refractivity contribution is -0.142. The van der Waals surface area contributed by atoms with Crippen molar-refractivity contribution in [2.45, 2.75) is 49.0 Å². The fourth-order valence-electron chi connectivity index (χ4n) is 3.83. The summed E-state index contributed by atoms with van der Waals surface area (Å²) in [4.78, 5) is 45.3. The molecule has 3 rings (SSSR count). The molecule has 10 heteroatoms. The van der Waals surface area contributed by atoms with E-state index in [4.69, 9.17) is 4.74 Å². The molecule has 1 heterocycles. The summed E-state index contributed by atoms with van der Waals surface area (Å²) in [5.41, 5.74) is 1.21. The number of ether oxygens (including phenoxy) is 1. The summed E-state index contributed by atoms with van der Waals surface area (Å²) in [6.07, 6.45) is 6.17. The Bertz CT molecular complexity index is 1000. The molecule has 1 aliphatic rings. The molecule has 184 valence electrons. The van der Waals surface area contributed by atoms with E-state index in [1.165, 1.54) is 40.8 Å². The van der Waals surface area contributed by atoms with Crippen molar-refractivity contribution < 1.29 is 19.1 Å². The molecule has 8 nitrogen and oxygen atoms in total. The molecule has 1 aliphatic carbocycles. The van der Waals surface area contributed by atoms with Crippen LogP contribution in [0.4, 0.5) is 15.6 Å². The fourth-order valence-corrected chi connectivity index (χ4v) is 5.86. The minimum absolute atomic E-state index is 0.111. The van der Waals surface area contributed by atoms with Crippen molar-refractivity contribution in [3.8, 4) is 0 Å². The van der Waals surface area contributed by atoms with Crippen LogP contribution in [0.3, 0.4) is 0 Å². The smallest absolute Gasteiger partial charge is 0.328 e. The monoisotopic (exact) mass is 504 g/mol. The lowest BCUT2D eigenvalue weighted by Gasteiger charge is -2.26. The van der Waals surface area contributed by atoms with E-state index in [1.54, 1.807) is 57.2 Å². The Kier molecular flexibility index (Phi) is 9.35. The lowest BCUT2D eigenvalue weighted by atomic mass is 10.1. The normalized spacial score (nSPS) is 14.5. The first-order valence-electron chi connectivity index (χ1n) is 11.5. The number of rotatable bonds is 9. The van der Waals surface area contributed by atoms with Gasteiger partial charge in [-0.25, -0.2) is 9.78 Å². The van der Waals surface area contributed by atoms with Crippen molar-refractivity contribution in [1.82, 2.24) is 9.88 Å². The van der Waals surface area contributed by atoms with Crippen LogP contribution in [0.15, 0.2) is 34.7 Å². The first-order chi connectivity index (χ1) is 16.3. The van der Waals surface area contributed by atoms with E-state index in [0.29, 0.717) is 35.5 Å². The van der Waals surface area contributed by atoms with Gasteiger partial charge in [0.05, 0.1) is 17.0 Å². The number of thioether (sulfide) groups is 1. The van der Waals surface area contributed by atoms with E-state index in [1.807, 2.05) is 6.07 Å². The zero-order valence-corrected chi connectivity index (χ0v) is 21.7. The van der Waals surface area contributed by atoms with Gasteiger partial charge in [0.1, 0.15) is 5.25 Å². The van der Waals surface area contributed by atoms with Gasteiger partial charge >= 0.3 is 12.0 Å². The van der Waals surface area contributed by atoms with Gasteiger partial charge in [-0.2, -0.15) is 0 Å². The molecule has 1 unspecified atom stereocenters. The Balaban J connectivity index is 1.75. The predicted molar refractivity (Wildman–Crippen MR) is 137 cm³/mol. The second-order valence-electron chi connectivity index (χ2n) is 8.44. The van der Waals surface area contributed by atoms with E-state index in [0.717, 1.165) is 17.1 Å². The van der Waals surface area contributed by atoms with Crippen LogP contribution in [0.1, 0.15) is 49.9 Å². The molecule has 3 amide bonds. The van der Waals surface area contributed by atoms with Crippen molar-refractivity contribution >= 4 is 51.8 Å². The highest BCUT2D eigenvalue weighted by Crippen LogP contribution is 2.33. The molecule has 2 aromatic rings. The highest BCUT2D eigenvalue weighted by molar-refractivity contribution is 8.02. The molecule has 0 radical (unpaired) electrons. The van der Waals surface area contributed by atoms with Crippen LogP contribution in [0.2, 0.25) is 0 Å². The standard InChI is InChI=1S/C24H32N4O4S2/c1-5-32-22(30)16(2)33-20-14-25-23(34-20)26-24(31)28(15-17-9-6-7-10-17)19-12-8-11-18(13-19)21(29)27(3)4/h8,11-14,16-17H,5-7,9-10,15H2,1-4H3,(H,25,26,31). The molecule has 0 aliphatic heterocycles. The lowest BCUT2D eigenvalue weighted by Crippen LogP contribution is -2.38. The number of esters is 1. The number of anilines is 2. The third-order valence-corrected chi connectivity index (χ3v) is 7.71. The van der Waals surface area contributed by atoms with E-state index in [9.17, 15) is 14.4 Å². The second kappa shape index (κ2) is 12.2. The molecular weight excluding hydrogens is 472 g/mol. The van der Waals surface area contributed by atoms with E-state index in [2.05, 4.69) is 10.3 Å². The van der Waals surface area contributed by atoms with E-state index in [-0.39, 0.29) is 23.2 Å². The molecule has 1 atom stereocenters. The zero-order valence-electron chi connectivity index (χ0n) is 20.1. The quantitative estimate of drug-likeness (QED) is 0.377. The number of hydrogen-bond acceptors (Lipinski definition) is 7. The molecule has 0 saturated heterocycles. The first kappa shape index (κ1) is 26.0. The van der Waals surface area contributed by atoms with Crippen molar-refractivity contribution in [2.75, 3.05) is 37.5 Å². The van der Waals surface area contributed by atoms with Gasteiger partial charge < -0.3 is 9.64 Å². The number of urea groups is 1. The molecule has 1 aromatic heterocycles. The Hall–Kier alpha value is -2.59. The molecule has 0 bridgehead atoms. The summed E-state index contributed by atoms with van der Waals surface area (Å²) in [5, 5.41) is 3.00. The second-order valence-corrected chi connectivity index (χ2v) is 11.1. The van der Waals surface area contributed by atoms with Gasteiger partial charge in [0, 0.05) is 31.9 Å². The molecule has 1 aromatic carbocycles.